The van der Waals surface area contributed by atoms with Crippen molar-refractivity contribution in [1.29, 1.82) is 0 Å². The first-order valence-corrected chi connectivity index (χ1v) is 4.08. The minimum atomic E-state index is -0.733. The molecule has 12 heavy (non-hydrogen) atoms. The lowest BCUT2D eigenvalue weighted by atomic mass is 10.1. The molecule has 0 amide bonds. The van der Waals surface area contributed by atoms with Crippen molar-refractivity contribution in [2.45, 2.75) is 25.3 Å². The van der Waals surface area contributed by atoms with E-state index in [4.69, 9.17) is 0 Å². The summed E-state index contributed by atoms with van der Waals surface area (Å²) in [5.41, 5.74) is 0. The van der Waals surface area contributed by atoms with E-state index in [1.54, 1.807) is 0 Å². The zero-order chi connectivity index (χ0) is 8.97. The van der Waals surface area contributed by atoms with Gasteiger partial charge in [-0.2, -0.15) is 0 Å². The Hall–Kier alpha value is -0.900. The van der Waals surface area contributed by atoms with Gasteiger partial charge in [0, 0.05) is 12.5 Å². The van der Waals surface area contributed by atoms with Gasteiger partial charge in [-0.3, -0.25) is 4.79 Å². The monoisotopic (exact) mass is 171 g/mol. The van der Waals surface area contributed by atoms with Crippen LogP contribution in [-0.2, 0) is 14.3 Å². The van der Waals surface area contributed by atoms with Crippen molar-refractivity contribution >= 4 is 11.8 Å². The Morgan fingerprint density at radius 3 is 2.83 bits per heavy atom. The molecule has 4 heteroatoms. The largest absolute Gasteiger partial charge is 0.463 e. The van der Waals surface area contributed by atoms with Gasteiger partial charge >= 0.3 is 5.97 Å². The number of hydrogen-bond donors (Lipinski definition) is 1. The molecule has 0 aromatic heterocycles. The molecular formula is C8H13NO3. The van der Waals surface area contributed by atoms with E-state index in [2.05, 4.69) is 10.1 Å². The zero-order valence-corrected chi connectivity index (χ0v) is 7.13. The number of esters is 1. The Bertz CT molecular complexity index is 185. The fraction of sp³-hybridized carbons (Fsp3) is 0.750. The molecule has 0 radical (unpaired) electrons. The molecule has 4 nitrogen and oxygen atoms in total. The first-order valence-electron chi connectivity index (χ1n) is 4.08. The van der Waals surface area contributed by atoms with Crippen LogP contribution in [0.15, 0.2) is 0 Å². The molecule has 1 aliphatic heterocycles. The lowest BCUT2D eigenvalue weighted by molar-refractivity contribution is -0.151. The van der Waals surface area contributed by atoms with Crippen molar-refractivity contribution in [2.75, 3.05) is 13.7 Å². The molecule has 1 N–H and O–H groups in total. The van der Waals surface area contributed by atoms with Gasteiger partial charge in [-0.15, -0.1) is 0 Å². The van der Waals surface area contributed by atoms with E-state index in [-0.39, 0.29) is 12.5 Å². The summed E-state index contributed by atoms with van der Waals surface area (Å²) in [6.45, 7) is 0.944. The van der Waals surface area contributed by atoms with Gasteiger partial charge < -0.3 is 10.1 Å². The third-order valence-corrected chi connectivity index (χ3v) is 2.01. The molecule has 0 spiro atoms. The maximum atomic E-state index is 11.0. The lowest BCUT2D eigenvalue weighted by Gasteiger charge is -2.06. The molecule has 1 atom stereocenters. The second kappa shape index (κ2) is 4.21. The number of hydrogen-bond acceptors (Lipinski definition) is 4. The number of carbonyl (C=O) groups excluding carboxylic acids is 2. The average molecular weight is 171 g/mol. The second-order valence-corrected chi connectivity index (χ2v) is 2.91. The third kappa shape index (κ3) is 2.30. The number of nitrogens with one attached hydrogen (secondary N) is 1. The van der Waals surface area contributed by atoms with Crippen LogP contribution in [0.4, 0.5) is 0 Å². The zero-order valence-electron chi connectivity index (χ0n) is 7.13. The summed E-state index contributed by atoms with van der Waals surface area (Å²) >= 11 is 0. The van der Waals surface area contributed by atoms with Gasteiger partial charge in [0.15, 0.2) is 0 Å². The SMILES string of the molecule is COC(=O)C(=O)CC1CCCN1. The van der Waals surface area contributed by atoms with Gasteiger partial charge in [0.25, 0.3) is 0 Å². The van der Waals surface area contributed by atoms with Crippen molar-refractivity contribution in [3.05, 3.63) is 0 Å². The minimum absolute atomic E-state index is 0.177. The van der Waals surface area contributed by atoms with Gasteiger partial charge in [-0.25, -0.2) is 4.79 Å². The maximum Gasteiger partial charge on any atom is 0.374 e. The first-order chi connectivity index (χ1) is 5.74. The Morgan fingerprint density at radius 1 is 1.58 bits per heavy atom. The maximum absolute atomic E-state index is 11.0. The van der Waals surface area contributed by atoms with Crippen LogP contribution in [-0.4, -0.2) is 31.4 Å². The topological polar surface area (TPSA) is 55.4 Å². The molecule has 0 aliphatic carbocycles. The Labute approximate surface area is 71.3 Å². The standard InChI is InChI=1S/C8H13NO3/c1-12-8(11)7(10)5-6-3-2-4-9-6/h6,9H,2-5H2,1H3. The van der Waals surface area contributed by atoms with Crippen LogP contribution in [0.25, 0.3) is 0 Å². The van der Waals surface area contributed by atoms with E-state index in [1.165, 1.54) is 7.11 Å². The minimum Gasteiger partial charge on any atom is -0.463 e. The highest BCUT2D eigenvalue weighted by atomic mass is 16.5. The number of ketones is 1. The Balaban J connectivity index is 2.29. The Morgan fingerprint density at radius 2 is 2.33 bits per heavy atom. The molecule has 0 aromatic carbocycles. The van der Waals surface area contributed by atoms with Crippen molar-refractivity contribution < 1.29 is 14.3 Å². The van der Waals surface area contributed by atoms with Crippen molar-refractivity contribution in [3.8, 4) is 0 Å². The summed E-state index contributed by atoms with van der Waals surface area (Å²) in [4.78, 5) is 21.7. The summed E-state index contributed by atoms with van der Waals surface area (Å²) in [5.74, 6) is -1.17. The Kier molecular flexibility index (Phi) is 3.22. The van der Waals surface area contributed by atoms with Crippen molar-refractivity contribution in [3.63, 3.8) is 0 Å². The highest BCUT2D eigenvalue weighted by Crippen LogP contribution is 2.08. The summed E-state index contributed by atoms with van der Waals surface area (Å²) in [6.07, 6.45) is 2.33. The molecule has 1 saturated heterocycles. The number of ether oxygens (including phenoxy) is 1. The van der Waals surface area contributed by atoms with E-state index >= 15 is 0 Å². The number of carbonyl (C=O) groups is 2. The predicted molar refractivity (Wildman–Crippen MR) is 42.7 cm³/mol. The quantitative estimate of drug-likeness (QED) is 0.474. The van der Waals surface area contributed by atoms with E-state index in [9.17, 15) is 9.59 Å². The molecule has 68 valence electrons. The second-order valence-electron chi connectivity index (χ2n) is 2.91. The van der Waals surface area contributed by atoms with E-state index in [1.807, 2.05) is 0 Å². The van der Waals surface area contributed by atoms with Crippen LogP contribution in [0, 0.1) is 0 Å². The average Bonchev–Trinajstić information content (AvgIpc) is 2.55. The smallest absolute Gasteiger partial charge is 0.374 e. The summed E-state index contributed by atoms with van der Waals surface area (Å²) < 4.78 is 4.31. The van der Waals surface area contributed by atoms with Crippen LogP contribution in [0.3, 0.4) is 0 Å². The normalized spacial score (nSPS) is 22.2. The molecular weight excluding hydrogens is 158 g/mol. The molecule has 0 bridgehead atoms. The molecule has 1 unspecified atom stereocenters. The molecule has 0 saturated carbocycles. The first kappa shape index (κ1) is 9.19. The van der Waals surface area contributed by atoms with Crippen LogP contribution < -0.4 is 5.32 Å². The fourth-order valence-corrected chi connectivity index (χ4v) is 1.35. The highest BCUT2D eigenvalue weighted by molar-refractivity contribution is 6.33. The predicted octanol–water partition coefficient (Wildman–Crippen LogP) is -0.129. The summed E-state index contributed by atoms with van der Waals surface area (Å²) in [5, 5.41) is 3.14. The van der Waals surface area contributed by atoms with Crippen molar-refractivity contribution in [1.82, 2.24) is 5.32 Å². The molecule has 1 fully saturated rings. The lowest BCUT2D eigenvalue weighted by Crippen LogP contribution is -2.28. The van der Waals surface area contributed by atoms with E-state index < -0.39 is 11.8 Å². The third-order valence-electron chi connectivity index (χ3n) is 2.01. The number of rotatable bonds is 3. The van der Waals surface area contributed by atoms with Crippen LogP contribution in [0.1, 0.15) is 19.3 Å². The van der Waals surface area contributed by atoms with Gasteiger partial charge in [0.1, 0.15) is 0 Å². The van der Waals surface area contributed by atoms with E-state index in [0.29, 0.717) is 0 Å². The van der Waals surface area contributed by atoms with Gasteiger partial charge in [0.2, 0.25) is 5.78 Å². The fourth-order valence-electron chi connectivity index (χ4n) is 1.35. The highest BCUT2D eigenvalue weighted by Gasteiger charge is 2.22. The molecule has 1 rings (SSSR count). The van der Waals surface area contributed by atoms with Crippen molar-refractivity contribution in [2.24, 2.45) is 0 Å². The van der Waals surface area contributed by atoms with Crippen LogP contribution >= 0.6 is 0 Å². The van der Waals surface area contributed by atoms with Gasteiger partial charge in [-0.1, -0.05) is 0 Å². The summed E-state index contributed by atoms with van der Waals surface area (Å²) in [7, 11) is 1.22. The van der Waals surface area contributed by atoms with Crippen LogP contribution in [0.5, 0.6) is 0 Å². The number of methoxy groups -OCH3 is 1. The molecule has 1 aliphatic rings. The number of Topliss-reactive ketones (excluding diaryl/α,β-unsaturated/α-hetero) is 1. The van der Waals surface area contributed by atoms with E-state index in [0.717, 1.165) is 19.4 Å². The summed E-state index contributed by atoms with van der Waals surface area (Å²) in [6, 6.07) is 0.177. The van der Waals surface area contributed by atoms with Gasteiger partial charge in [-0.05, 0) is 19.4 Å². The molecule has 1 heterocycles. The van der Waals surface area contributed by atoms with Crippen LogP contribution in [0.2, 0.25) is 0 Å². The molecule has 0 aromatic rings. The van der Waals surface area contributed by atoms with Gasteiger partial charge in [0.05, 0.1) is 7.11 Å².